The minimum absolute atomic E-state index is 0.0435. The first-order valence-electron chi connectivity index (χ1n) is 9.70. The van der Waals surface area contributed by atoms with Crippen molar-refractivity contribution in [2.45, 2.75) is 32.4 Å². The van der Waals surface area contributed by atoms with Crippen LogP contribution in [0.5, 0.6) is 11.5 Å². The topological polar surface area (TPSA) is 47.6 Å². The lowest BCUT2D eigenvalue weighted by molar-refractivity contribution is -0.120. The first-order valence-corrected chi connectivity index (χ1v) is 11.6. The summed E-state index contributed by atoms with van der Waals surface area (Å²) in [4.78, 5) is 12.1. The molecule has 1 amide bonds. The van der Waals surface area contributed by atoms with Gasteiger partial charge < -0.3 is 14.8 Å². The van der Waals surface area contributed by atoms with Crippen molar-refractivity contribution in [2.24, 2.45) is 0 Å². The maximum atomic E-state index is 12.1. The van der Waals surface area contributed by atoms with Crippen LogP contribution in [0.25, 0.3) is 0 Å². The van der Waals surface area contributed by atoms with Crippen LogP contribution < -0.4 is 14.8 Å². The fourth-order valence-corrected chi connectivity index (χ4v) is 4.10. The van der Waals surface area contributed by atoms with E-state index in [1.807, 2.05) is 44.2 Å². The van der Waals surface area contributed by atoms with Crippen LogP contribution in [-0.2, 0) is 17.0 Å². The summed E-state index contributed by atoms with van der Waals surface area (Å²) in [6.07, 6.45) is 1.10. The van der Waals surface area contributed by atoms with Crippen molar-refractivity contribution in [1.29, 1.82) is 0 Å². The number of halogens is 2. The van der Waals surface area contributed by atoms with E-state index in [0.29, 0.717) is 42.6 Å². The van der Waals surface area contributed by atoms with Gasteiger partial charge in [0.05, 0.1) is 13.2 Å². The van der Waals surface area contributed by atoms with Gasteiger partial charge >= 0.3 is 0 Å². The summed E-state index contributed by atoms with van der Waals surface area (Å²) < 4.78 is 11.2. The Bertz CT molecular complexity index is 802. The summed E-state index contributed by atoms with van der Waals surface area (Å²) in [5.74, 6) is 3.12. The average molecular weight is 456 g/mol. The van der Waals surface area contributed by atoms with E-state index in [4.69, 9.17) is 32.7 Å². The van der Waals surface area contributed by atoms with Crippen LogP contribution in [0.2, 0.25) is 10.0 Å². The fourth-order valence-electron chi connectivity index (χ4n) is 2.68. The standard InChI is InChI=1S/C22H27Cl2NO3S/c1-3-27-20-9-5-16(13-21(20)28-4-2)6-10-22(26)25-11-12-29-15-17-7-8-18(23)14-19(17)24/h5,7-9,13-14H,3-4,6,10-12,15H2,1-2H3,(H,25,26). The second kappa shape index (κ2) is 12.9. The Kier molecular flexibility index (Phi) is 10.5. The van der Waals surface area contributed by atoms with E-state index in [-0.39, 0.29) is 5.91 Å². The van der Waals surface area contributed by atoms with Gasteiger partial charge in [0.2, 0.25) is 5.91 Å². The molecule has 0 aliphatic heterocycles. The lowest BCUT2D eigenvalue weighted by Crippen LogP contribution is -2.25. The van der Waals surface area contributed by atoms with Gasteiger partial charge in [-0.25, -0.2) is 0 Å². The zero-order valence-electron chi connectivity index (χ0n) is 16.8. The molecule has 0 saturated heterocycles. The van der Waals surface area contributed by atoms with Crippen LogP contribution >= 0.6 is 35.0 Å². The third-order valence-electron chi connectivity index (χ3n) is 4.09. The van der Waals surface area contributed by atoms with E-state index in [2.05, 4.69) is 5.32 Å². The lowest BCUT2D eigenvalue weighted by Gasteiger charge is -2.12. The number of ether oxygens (including phenoxy) is 2. The number of rotatable bonds is 12. The molecule has 2 aromatic carbocycles. The van der Waals surface area contributed by atoms with E-state index in [1.54, 1.807) is 17.8 Å². The number of benzene rings is 2. The summed E-state index contributed by atoms with van der Waals surface area (Å²) in [5.41, 5.74) is 2.10. The van der Waals surface area contributed by atoms with Crippen molar-refractivity contribution in [2.75, 3.05) is 25.5 Å². The molecule has 2 aromatic rings. The predicted octanol–water partition coefficient (Wildman–Crippen LogP) is 5.77. The van der Waals surface area contributed by atoms with Crippen molar-refractivity contribution in [1.82, 2.24) is 5.32 Å². The van der Waals surface area contributed by atoms with Gasteiger partial charge in [0.15, 0.2) is 11.5 Å². The van der Waals surface area contributed by atoms with E-state index < -0.39 is 0 Å². The molecule has 2 rings (SSSR count). The monoisotopic (exact) mass is 455 g/mol. The molecule has 0 radical (unpaired) electrons. The zero-order chi connectivity index (χ0) is 21.1. The molecule has 0 bridgehead atoms. The molecule has 4 nitrogen and oxygen atoms in total. The largest absolute Gasteiger partial charge is 0.490 e. The minimum atomic E-state index is 0.0435. The van der Waals surface area contributed by atoms with E-state index >= 15 is 0 Å². The van der Waals surface area contributed by atoms with Crippen LogP contribution in [0, 0.1) is 0 Å². The van der Waals surface area contributed by atoms with E-state index in [1.165, 1.54) is 0 Å². The highest BCUT2D eigenvalue weighted by Gasteiger charge is 2.08. The number of nitrogens with one attached hydrogen (secondary N) is 1. The van der Waals surface area contributed by atoms with Gasteiger partial charge in [0.1, 0.15) is 0 Å². The van der Waals surface area contributed by atoms with Gasteiger partial charge in [-0.2, -0.15) is 11.8 Å². The number of hydrogen-bond acceptors (Lipinski definition) is 4. The Morgan fingerprint density at radius 3 is 2.52 bits per heavy atom. The van der Waals surface area contributed by atoms with Gasteiger partial charge in [-0.3, -0.25) is 4.79 Å². The maximum Gasteiger partial charge on any atom is 0.220 e. The summed E-state index contributed by atoms with van der Waals surface area (Å²) >= 11 is 13.8. The molecule has 0 aromatic heterocycles. The van der Waals surface area contributed by atoms with Crippen molar-refractivity contribution < 1.29 is 14.3 Å². The molecule has 7 heteroatoms. The first-order chi connectivity index (χ1) is 14.0. The third kappa shape index (κ3) is 8.37. The van der Waals surface area contributed by atoms with E-state index in [0.717, 1.165) is 34.1 Å². The lowest BCUT2D eigenvalue weighted by atomic mass is 10.1. The number of thioether (sulfide) groups is 1. The van der Waals surface area contributed by atoms with Crippen LogP contribution in [0.4, 0.5) is 0 Å². The number of carbonyl (C=O) groups is 1. The van der Waals surface area contributed by atoms with Gasteiger partial charge in [-0.1, -0.05) is 35.3 Å². The molecule has 29 heavy (non-hydrogen) atoms. The van der Waals surface area contributed by atoms with Gasteiger partial charge in [-0.15, -0.1) is 0 Å². The van der Waals surface area contributed by atoms with E-state index in [9.17, 15) is 4.79 Å². The summed E-state index contributed by atoms with van der Waals surface area (Å²) in [5, 5.41) is 4.28. The summed E-state index contributed by atoms with van der Waals surface area (Å²) in [6, 6.07) is 11.4. The van der Waals surface area contributed by atoms with Gasteiger partial charge in [0.25, 0.3) is 0 Å². The molecule has 1 N–H and O–H groups in total. The van der Waals surface area contributed by atoms with Crippen LogP contribution in [-0.4, -0.2) is 31.4 Å². The number of aryl methyl sites for hydroxylation is 1. The molecular formula is C22H27Cl2NO3S. The highest BCUT2D eigenvalue weighted by Crippen LogP contribution is 2.29. The van der Waals surface area contributed by atoms with Crippen molar-refractivity contribution in [3.05, 3.63) is 57.6 Å². The van der Waals surface area contributed by atoms with Crippen LogP contribution in [0.15, 0.2) is 36.4 Å². The van der Waals surface area contributed by atoms with Crippen molar-refractivity contribution in [3.8, 4) is 11.5 Å². The predicted molar refractivity (Wildman–Crippen MR) is 123 cm³/mol. The number of carbonyl (C=O) groups excluding carboxylic acids is 1. The van der Waals surface area contributed by atoms with Gasteiger partial charge in [0, 0.05) is 34.5 Å². The summed E-state index contributed by atoms with van der Waals surface area (Å²) in [6.45, 7) is 5.67. The second-order valence-corrected chi connectivity index (χ2v) is 8.23. The Hall–Kier alpha value is -1.56. The molecule has 0 unspecified atom stereocenters. The van der Waals surface area contributed by atoms with Gasteiger partial charge in [-0.05, 0) is 55.7 Å². The molecule has 158 valence electrons. The SMILES string of the molecule is CCOc1ccc(CCC(=O)NCCSCc2ccc(Cl)cc2Cl)cc1OCC. The second-order valence-electron chi connectivity index (χ2n) is 6.29. The van der Waals surface area contributed by atoms with Crippen molar-refractivity contribution in [3.63, 3.8) is 0 Å². The summed E-state index contributed by atoms with van der Waals surface area (Å²) in [7, 11) is 0. The molecule has 0 heterocycles. The molecule has 0 spiro atoms. The average Bonchev–Trinajstić information content (AvgIpc) is 2.69. The number of hydrogen-bond donors (Lipinski definition) is 1. The Labute approximate surface area is 187 Å². The highest BCUT2D eigenvalue weighted by atomic mass is 35.5. The molecule has 0 saturated carbocycles. The smallest absolute Gasteiger partial charge is 0.220 e. The Balaban J connectivity index is 1.69. The highest BCUT2D eigenvalue weighted by molar-refractivity contribution is 7.98. The van der Waals surface area contributed by atoms with Crippen LogP contribution in [0.1, 0.15) is 31.4 Å². The molecular weight excluding hydrogens is 429 g/mol. The Morgan fingerprint density at radius 2 is 1.79 bits per heavy atom. The normalized spacial score (nSPS) is 10.6. The Morgan fingerprint density at radius 1 is 1.03 bits per heavy atom. The molecule has 0 fully saturated rings. The zero-order valence-corrected chi connectivity index (χ0v) is 19.1. The first kappa shape index (κ1) is 23.7. The molecule has 0 atom stereocenters. The van der Waals surface area contributed by atoms with Crippen molar-refractivity contribution >= 4 is 40.9 Å². The maximum absolute atomic E-state index is 12.1. The quantitative estimate of drug-likeness (QED) is 0.412. The third-order valence-corrected chi connectivity index (χ3v) is 5.68. The molecule has 0 aliphatic carbocycles. The fraction of sp³-hybridized carbons (Fsp3) is 0.409. The molecule has 0 aliphatic rings. The van der Waals surface area contributed by atoms with Crippen LogP contribution in [0.3, 0.4) is 0 Å². The number of amides is 1. The minimum Gasteiger partial charge on any atom is -0.490 e.